The summed E-state index contributed by atoms with van der Waals surface area (Å²) in [5.41, 5.74) is 0. The predicted molar refractivity (Wildman–Crippen MR) is 39.7 cm³/mol. The van der Waals surface area contributed by atoms with Crippen molar-refractivity contribution in [2.24, 2.45) is 5.92 Å². The first-order chi connectivity index (χ1) is 4.48. The van der Waals surface area contributed by atoms with Crippen LogP contribution in [0.5, 0.6) is 0 Å². The van der Waals surface area contributed by atoms with Crippen LogP contribution in [-0.4, -0.2) is 6.61 Å². The molecule has 0 saturated heterocycles. The van der Waals surface area contributed by atoms with Gasteiger partial charge < -0.3 is 4.52 Å². The van der Waals surface area contributed by atoms with Crippen molar-refractivity contribution in [2.75, 3.05) is 6.61 Å². The van der Waals surface area contributed by atoms with E-state index in [9.17, 15) is 8.76 Å². The van der Waals surface area contributed by atoms with Gasteiger partial charge in [-0.2, -0.15) is 4.20 Å². The van der Waals surface area contributed by atoms with E-state index in [0.29, 0.717) is 0 Å². The van der Waals surface area contributed by atoms with Crippen LogP contribution in [-0.2, 0) is 9.09 Å². The molecule has 0 amide bonds. The lowest BCUT2D eigenvalue weighted by Gasteiger charge is -2.06. The Morgan fingerprint density at radius 1 is 1.80 bits per heavy atom. The van der Waals surface area contributed by atoms with Crippen LogP contribution in [0.1, 0.15) is 13.8 Å². The summed E-state index contributed by atoms with van der Waals surface area (Å²) in [6.07, 6.45) is 0. The minimum Gasteiger partial charge on any atom is -0.302 e. The van der Waals surface area contributed by atoms with Crippen molar-refractivity contribution in [1.82, 2.24) is 0 Å². The first-order valence-electron chi connectivity index (χ1n) is 3.05. The van der Waals surface area contributed by atoms with E-state index >= 15 is 0 Å². The van der Waals surface area contributed by atoms with Crippen molar-refractivity contribution < 1.29 is 13.3 Å². The average Bonchev–Trinajstić information content (AvgIpc) is 1.85. The zero-order chi connectivity index (χ0) is 8.20. The summed E-state index contributed by atoms with van der Waals surface area (Å²) in [5.74, 6) is 0.902. The topological polar surface area (TPSA) is 26.3 Å². The van der Waals surface area contributed by atoms with Gasteiger partial charge in [0.15, 0.2) is 0 Å². The van der Waals surface area contributed by atoms with Gasteiger partial charge in [0.25, 0.3) is 0 Å². The molecule has 0 heterocycles. The molecule has 0 fully saturated rings. The molecule has 0 aromatic carbocycles. The molecule has 0 aliphatic rings. The minimum atomic E-state index is -3.96. The first kappa shape index (κ1) is 9.86. The average molecular weight is 166 g/mol. The molecular formula is C6H12FO2P. The van der Waals surface area contributed by atoms with Gasteiger partial charge in [0, 0.05) is 5.82 Å². The Hall–Kier alpha value is -0.140. The summed E-state index contributed by atoms with van der Waals surface area (Å²) in [6.45, 7) is 6.91. The summed E-state index contributed by atoms with van der Waals surface area (Å²) >= 11 is 0. The molecule has 1 unspecified atom stereocenters. The molecule has 0 bridgehead atoms. The summed E-state index contributed by atoms with van der Waals surface area (Å²) in [6, 6.07) is 0. The summed E-state index contributed by atoms with van der Waals surface area (Å²) < 4.78 is 27.3. The first-order valence-corrected chi connectivity index (χ1v) is 4.64. The fraction of sp³-hybridized carbons (Fsp3) is 0.667. The minimum absolute atomic E-state index is 0.166. The molecule has 0 rings (SSSR count). The number of hydrogen-bond donors (Lipinski definition) is 0. The van der Waals surface area contributed by atoms with Crippen LogP contribution in [0.15, 0.2) is 12.4 Å². The van der Waals surface area contributed by atoms with Crippen LogP contribution in [0.3, 0.4) is 0 Å². The SMILES string of the molecule is C=CP(=O)(F)OCC(C)C. The summed E-state index contributed by atoms with van der Waals surface area (Å²) in [7, 11) is -3.96. The predicted octanol–water partition coefficient (Wildman–Crippen LogP) is 2.97. The lowest BCUT2D eigenvalue weighted by atomic mass is 10.2. The molecule has 0 aliphatic heterocycles. The second-order valence-electron chi connectivity index (χ2n) is 2.39. The molecular weight excluding hydrogens is 154 g/mol. The van der Waals surface area contributed by atoms with E-state index in [2.05, 4.69) is 11.1 Å². The summed E-state index contributed by atoms with van der Waals surface area (Å²) in [4.78, 5) is 0. The van der Waals surface area contributed by atoms with Crippen molar-refractivity contribution in [1.29, 1.82) is 0 Å². The molecule has 0 spiro atoms. The molecule has 2 nitrogen and oxygen atoms in total. The van der Waals surface area contributed by atoms with Gasteiger partial charge >= 0.3 is 7.68 Å². The van der Waals surface area contributed by atoms with E-state index in [1.807, 2.05) is 13.8 Å². The standard InChI is InChI=1S/C6H12FO2P/c1-4-10(7,8)9-5-6(2)3/h4,6H,1,5H2,2-3H3. The second-order valence-corrected chi connectivity index (χ2v) is 4.06. The van der Waals surface area contributed by atoms with Crippen molar-refractivity contribution in [2.45, 2.75) is 13.8 Å². The lowest BCUT2D eigenvalue weighted by molar-refractivity contribution is 0.256. The maximum atomic E-state index is 12.4. The van der Waals surface area contributed by atoms with Gasteiger partial charge in [-0.15, -0.1) is 0 Å². The Bertz CT molecular complexity index is 156. The quantitative estimate of drug-likeness (QED) is 0.600. The van der Waals surface area contributed by atoms with Gasteiger partial charge in [-0.3, -0.25) is 4.57 Å². The molecule has 0 aromatic rings. The maximum Gasteiger partial charge on any atom is 0.390 e. The third-order valence-electron chi connectivity index (χ3n) is 0.802. The van der Waals surface area contributed by atoms with Crippen molar-refractivity contribution in [3.63, 3.8) is 0 Å². The molecule has 0 N–H and O–H groups in total. The fourth-order valence-electron chi connectivity index (χ4n) is 0.303. The van der Waals surface area contributed by atoms with E-state index in [4.69, 9.17) is 0 Å². The van der Waals surface area contributed by atoms with Gasteiger partial charge in [0.2, 0.25) is 0 Å². The van der Waals surface area contributed by atoms with Gasteiger partial charge in [-0.1, -0.05) is 20.4 Å². The molecule has 0 aliphatic carbocycles. The second kappa shape index (κ2) is 3.89. The van der Waals surface area contributed by atoms with E-state index in [0.717, 1.165) is 5.82 Å². The Morgan fingerprint density at radius 3 is 2.60 bits per heavy atom. The third-order valence-corrected chi connectivity index (χ3v) is 1.74. The van der Waals surface area contributed by atoms with Crippen LogP contribution in [0, 0.1) is 5.92 Å². The van der Waals surface area contributed by atoms with Crippen LogP contribution >= 0.6 is 7.68 Å². The highest BCUT2D eigenvalue weighted by molar-refractivity contribution is 7.56. The highest BCUT2D eigenvalue weighted by Gasteiger charge is 2.15. The Balaban J connectivity index is 3.68. The number of halogens is 1. The molecule has 0 saturated carbocycles. The van der Waals surface area contributed by atoms with Gasteiger partial charge in [0.05, 0.1) is 6.61 Å². The van der Waals surface area contributed by atoms with Gasteiger partial charge in [0.1, 0.15) is 0 Å². The molecule has 0 aromatic heterocycles. The van der Waals surface area contributed by atoms with Crippen molar-refractivity contribution >= 4 is 7.68 Å². The largest absolute Gasteiger partial charge is 0.390 e. The molecule has 60 valence electrons. The van der Waals surface area contributed by atoms with Gasteiger partial charge in [-0.25, -0.2) is 0 Å². The van der Waals surface area contributed by atoms with E-state index in [1.165, 1.54) is 0 Å². The molecule has 1 atom stereocenters. The fourth-order valence-corrected chi connectivity index (χ4v) is 0.910. The van der Waals surface area contributed by atoms with Crippen molar-refractivity contribution in [3.05, 3.63) is 12.4 Å². The number of hydrogen-bond acceptors (Lipinski definition) is 2. The monoisotopic (exact) mass is 166 g/mol. The van der Waals surface area contributed by atoms with Gasteiger partial charge in [-0.05, 0) is 5.92 Å². The van der Waals surface area contributed by atoms with Crippen LogP contribution in [0.2, 0.25) is 0 Å². The lowest BCUT2D eigenvalue weighted by Crippen LogP contribution is -1.97. The normalized spacial score (nSPS) is 16.8. The smallest absolute Gasteiger partial charge is 0.302 e. The highest BCUT2D eigenvalue weighted by atomic mass is 31.2. The van der Waals surface area contributed by atoms with Crippen LogP contribution in [0.4, 0.5) is 4.20 Å². The maximum absolute atomic E-state index is 12.4. The van der Waals surface area contributed by atoms with E-state index < -0.39 is 7.68 Å². The molecule has 4 heteroatoms. The zero-order valence-corrected chi connectivity index (χ0v) is 7.11. The van der Waals surface area contributed by atoms with Crippen LogP contribution < -0.4 is 0 Å². The van der Waals surface area contributed by atoms with E-state index in [-0.39, 0.29) is 12.5 Å². The summed E-state index contributed by atoms with van der Waals surface area (Å²) in [5, 5.41) is 0. The Kier molecular flexibility index (Phi) is 3.84. The molecule has 10 heavy (non-hydrogen) atoms. The number of rotatable bonds is 4. The Morgan fingerprint density at radius 2 is 2.30 bits per heavy atom. The third kappa shape index (κ3) is 4.71. The van der Waals surface area contributed by atoms with E-state index in [1.54, 1.807) is 0 Å². The highest BCUT2D eigenvalue weighted by Crippen LogP contribution is 2.49. The zero-order valence-electron chi connectivity index (χ0n) is 6.21. The Labute approximate surface area is 60.7 Å². The van der Waals surface area contributed by atoms with Crippen LogP contribution in [0.25, 0.3) is 0 Å². The molecule has 0 radical (unpaired) electrons. The van der Waals surface area contributed by atoms with Crippen molar-refractivity contribution in [3.8, 4) is 0 Å².